The maximum atomic E-state index is 14.0. The molecule has 3 aliphatic heterocycles. The minimum absolute atomic E-state index is 0.0450. The van der Waals surface area contributed by atoms with Gasteiger partial charge >= 0.3 is 5.97 Å². The average Bonchev–Trinajstić information content (AvgIpc) is 2.97. The van der Waals surface area contributed by atoms with E-state index in [4.69, 9.17) is 9.47 Å². The Morgan fingerprint density at radius 2 is 1.58 bits per heavy atom. The van der Waals surface area contributed by atoms with E-state index < -0.39 is 0 Å². The molecule has 0 radical (unpaired) electrons. The maximum absolute atomic E-state index is 14.0. The second-order valence-corrected chi connectivity index (χ2v) is 16.2. The van der Waals surface area contributed by atoms with Gasteiger partial charge in [0.25, 0.3) is 0 Å². The van der Waals surface area contributed by atoms with E-state index in [1.54, 1.807) is 0 Å². The molecule has 0 aliphatic carbocycles. The predicted molar refractivity (Wildman–Crippen MR) is 199 cm³/mol. The lowest BCUT2D eigenvalue weighted by Gasteiger charge is -2.43. The number of nitrogens with zero attached hydrogens (tertiary/aromatic N) is 2. The molecular formula is C43H53N2O3+. The van der Waals surface area contributed by atoms with Crippen molar-refractivity contribution in [3.05, 3.63) is 99.1 Å². The third-order valence-electron chi connectivity index (χ3n) is 10.2. The second-order valence-electron chi connectivity index (χ2n) is 16.2. The fraction of sp³-hybridized carbons (Fsp3) is 0.442. The molecule has 1 atom stereocenters. The number of allylic oxidation sites excluding steroid dienone is 2. The Balaban J connectivity index is 1.67. The van der Waals surface area contributed by atoms with Gasteiger partial charge in [-0.15, -0.1) is 0 Å². The third kappa shape index (κ3) is 5.80. The molecule has 3 aromatic carbocycles. The van der Waals surface area contributed by atoms with Crippen LogP contribution in [-0.2, 0) is 4.74 Å². The topological polar surface area (TPSA) is 41.8 Å². The molecule has 0 spiro atoms. The Hall–Kier alpha value is -4.12. The molecule has 5 heteroatoms. The quantitative estimate of drug-likeness (QED) is 0.155. The van der Waals surface area contributed by atoms with Crippen LogP contribution in [0.3, 0.4) is 0 Å². The Morgan fingerprint density at radius 1 is 0.896 bits per heavy atom. The van der Waals surface area contributed by atoms with Gasteiger partial charge in [-0.05, 0) is 101 Å². The molecule has 6 rings (SSSR count). The summed E-state index contributed by atoms with van der Waals surface area (Å²) in [6, 6.07) is 16.9. The Kier molecular flexibility index (Phi) is 8.29. The summed E-state index contributed by atoms with van der Waals surface area (Å²) < 4.78 is 15.5. The molecule has 0 saturated heterocycles. The van der Waals surface area contributed by atoms with E-state index in [9.17, 15) is 4.79 Å². The highest BCUT2D eigenvalue weighted by Crippen LogP contribution is 2.46. The fourth-order valence-corrected chi connectivity index (χ4v) is 8.51. The number of esters is 1. The SMILES string of the molecule is CCN1c2cc3c(cc2C(C)=CC1(C)C)C(c1ccccc1C(=O)OC(C)CC(C)(C)C)=c1cc2c(cc1O3)=[N+](CC)C(C)(C)C=C2C. The molecule has 0 bridgehead atoms. The van der Waals surface area contributed by atoms with Gasteiger partial charge in [0.1, 0.15) is 18.0 Å². The molecule has 0 saturated carbocycles. The number of carbonyl (C=O) groups excluding carboxylic acids is 1. The zero-order valence-corrected chi connectivity index (χ0v) is 31.1. The van der Waals surface area contributed by atoms with Crippen LogP contribution in [0.4, 0.5) is 5.69 Å². The van der Waals surface area contributed by atoms with Crippen molar-refractivity contribution >= 4 is 28.4 Å². The number of hydrogen-bond donors (Lipinski definition) is 0. The van der Waals surface area contributed by atoms with E-state index in [2.05, 4.69) is 128 Å². The van der Waals surface area contributed by atoms with Crippen LogP contribution in [0.1, 0.15) is 122 Å². The monoisotopic (exact) mass is 645 g/mol. The van der Waals surface area contributed by atoms with E-state index in [0.717, 1.165) is 52.9 Å². The fourth-order valence-electron chi connectivity index (χ4n) is 8.51. The first-order valence-corrected chi connectivity index (χ1v) is 17.6. The Morgan fingerprint density at radius 3 is 2.25 bits per heavy atom. The minimum Gasteiger partial charge on any atom is -0.459 e. The summed E-state index contributed by atoms with van der Waals surface area (Å²) in [5.41, 5.74) is 9.20. The molecule has 0 N–H and O–H groups in total. The lowest BCUT2D eigenvalue weighted by molar-refractivity contribution is 0.0253. The molecular weight excluding hydrogens is 592 g/mol. The van der Waals surface area contributed by atoms with E-state index in [0.29, 0.717) is 5.56 Å². The molecule has 252 valence electrons. The van der Waals surface area contributed by atoms with Gasteiger partial charge in [-0.1, -0.05) is 45.0 Å². The first-order valence-electron chi connectivity index (χ1n) is 17.6. The van der Waals surface area contributed by atoms with Gasteiger partial charge in [-0.2, -0.15) is 0 Å². The Bertz CT molecular complexity index is 2020. The summed E-state index contributed by atoms with van der Waals surface area (Å²) in [7, 11) is 0. The van der Waals surface area contributed by atoms with Gasteiger partial charge < -0.3 is 14.4 Å². The van der Waals surface area contributed by atoms with E-state index in [1.807, 2.05) is 25.1 Å². The lowest BCUT2D eigenvalue weighted by atomic mass is 9.83. The number of fused-ring (bicyclic) bond motifs is 4. The largest absolute Gasteiger partial charge is 0.459 e. The van der Waals surface area contributed by atoms with Gasteiger partial charge in [0.15, 0.2) is 5.54 Å². The standard InChI is InChI=1S/C43H53N2O3/c1-13-44-35-21-37-33(19-31(35)26(3)23-42(44,9)10)39(29-17-15-16-18-30(29)40(46)47-28(5)25-41(6,7)8)34-20-32-27(4)24-43(11,12)45(14-2)36(32)22-38(34)48-37/h15-24,28H,13-14,25H2,1-12H3/q+1. The molecule has 3 aliphatic rings. The molecule has 48 heavy (non-hydrogen) atoms. The lowest BCUT2D eigenvalue weighted by Crippen LogP contribution is -2.49. The zero-order chi connectivity index (χ0) is 34.9. The van der Waals surface area contributed by atoms with E-state index >= 15 is 0 Å². The number of likely N-dealkylation sites (N-methyl/N-ethyl adjacent to an activating group) is 2. The summed E-state index contributed by atoms with van der Waals surface area (Å²) in [5.74, 6) is 1.30. The van der Waals surface area contributed by atoms with Crippen molar-refractivity contribution in [1.82, 2.24) is 4.58 Å². The zero-order valence-electron chi connectivity index (χ0n) is 31.1. The number of benzene rings is 3. The molecule has 1 unspecified atom stereocenters. The number of ether oxygens (including phenoxy) is 2. The van der Waals surface area contributed by atoms with Crippen LogP contribution in [0.15, 0.2) is 60.7 Å². The minimum atomic E-state index is -0.301. The number of carbonyl (C=O) groups is 1. The second kappa shape index (κ2) is 11.8. The van der Waals surface area contributed by atoms with Crippen molar-refractivity contribution in [2.24, 2.45) is 5.41 Å². The van der Waals surface area contributed by atoms with Crippen molar-refractivity contribution in [1.29, 1.82) is 0 Å². The van der Waals surface area contributed by atoms with Gasteiger partial charge in [0.2, 0.25) is 5.36 Å². The average molecular weight is 646 g/mol. The van der Waals surface area contributed by atoms with Crippen LogP contribution >= 0.6 is 0 Å². The number of hydrogen-bond acceptors (Lipinski definition) is 4. The van der Waals surface area contributed by atoms with Crippen LogP contribution < -0.4 is 24.8 Å². The van der Waals surface area contributed by atoms with Crippen LogP contribution in [0.25, 0.3) is 16.7 Å². The van der Waals surface area contributed by atoms with Crippen LogP contribution in [0.2, 0.25) is 0 Å². The molecule has 3 heterocycles. The number of anilines is 1. The molecule has 0 fully saturated rings. The van der Waals surface area contributed by atoms with Crippen LogP contribution in [0.5, 0.6) is 11.5 Å². The summed E-state index contributed by atoms with van der Waals surface area (Å²) in [4.78, 5) is 16.4. The van der Waals surface area contributed by atoms with Crippen molar-refractivity contribution in [3.63, 3.8) is 0 Å². The van der Waals surface area contributed by atoms with Gasteiger partial charge in [-0.25, -0.2) is 9.37 Å². The van der Waals surface area contributed by atoms with Crippen molar-refractivity contribution in [3.8, 4) is 11.5 Å². The maximum Gasteiger partial charge on any atom is 0.339 e. The van der Waals surface area contributed by atoms with E-state index in [1.165, 1.54) is 33.3 Å². The van der Waals surface area contributed by atoms with Crippen LogP contribution in [0, 0.1) is 5.41 Å². The molecule has 5 nitrogen and oxygen atoms in total. The number of rotatable bonds is 6. The smallest absolute Gasteiger partial charge is 0.339 e. The third-order valence-corrected chi connectivity index (χ3v) is 10.2. The highest BCUT2D eigenvalue weighted by molar-refractivity contribution is 6.00. The Labute approximate surface area is 287 Å². The normalized spacial score (nSPS) is 18.0. The molecule has 0 aromatic heterocycles. The highest BCUT2D eigenvalue weighted by Gasteiger charge is 2.36. The molecule has 0 amide bonds. The predicted octanol–water partition coefficient (Wildman–Crippen LogP) is 8.75. The van der Waals surface area contributed by atoms with Gasteiger partial charge in [-0.3, -0.25) is 0 Å². The van der Waals surface area contributed by atoms with Crippen molar-refractivity contribution in [2.45, 2.75) is 107 Å². The summed E-state index contributed by atoms with van der Waals surface area (Å²) in [6.45, 7) is 28.1. The van der Waals surface area contributed by atoms with Crippen molar-refractivity contribution < 1.29 is 14.3 Å². The van der Waals surface area contributed by atoms with E-state index in [-0.39, 0.29) is 28.6 Å². The highest BCUT2D eigenvalue weighted by atomic mass is 16.5. The van der Waals surface area contributed by atoms with Gasteiger partial charge in [0.05, 0.1) is 23.3 Å². The first-order chi connectivity index (χ1) is 22.5. The summed E-state index contributed by atoms with van der Waals surface area (Å²) in [5, 5.41) is 2.15. The first kappa shape index (κ1) is 33.8. The van der Waals surface area contributed by atoms with Crippen LogP contribution in [-0.4, -0.2) is 36.2 Å². The van der Waals surface area contributed by atoms with Gasteiger partial charge in [0, 0.05) is 59.6 Å². The molecule has 3 aromatic rings. The van der Waals surface area contributed by atoms with Crippen molar-refractivity contribution in [2.75, 3.05) is 18.0 Å². The summed E-state index contributed by atoms with van der Waals surface area (Å²) >= 11 is 0. The summed E-state index contributed by atoms with van der Waals surface area (Å²) in [6.07, 6.45) is 5.28.